The lowest BCUT2D eigenvalue weighted by Gasteiger charge is -2.12. The topological polar surface area (TPSA) is 80.4 Å². The summed E-state index contributed by atoms with van der Waals surface area (Å²) in [6, 6.07) is -0.969. The predicted octanol–water partition coefficient (Wildman–Crippen LogP) is 5.25. The second-order valence-electron chi connectivity index (χ2n) is 6.42. The van der Waals surface area contributed by atoms with E-state index in [2.05, 4.69) is 12.2 Å². The number of nitrogens with zero attached hydrogens (tertiary/aromatic N) is 1. The average Bonchev–Trinajstić information content (AvgIpc) is 2.64. The highest BCUT2D eigenvalue weighted by Gasteiger charge is 2.27. The minimum absolute atomic E-state index is 0.222. The van der Waals surface area contributed by atoms with Gasteiger partial charge in [-0.05, 0) is 44.9 Å². The molecule has 0 aromatic carbocycles. The third-order valence-electron chi connectivity index (χ3n) is 4.07. The van der Waals surface area contributed by atoms with Crippen LogP contribution in [0.3, 0.4) is 0 Å². The molecular weight excluding hydrogens is 342 g/mol. The normalized spacial score (nSPS) is 14.6. The van der Waals surface area contributed by atoms with Crippen molar-refractivity contribution < 1.29 is 14.8 Å². The van der Waals surface area contributed by atoms with E-state index in [-0.39, 0.29) is 6.42 Å². The van der Waals surface area contributed by atoms with Gasteiger partial charge in [0, 0.05) is 17.8 Å². The van der Waals surface area contributed by atoms with Gasteiger partial charge in [-0.3, -0.25) is 14.9 Å². The van der Waals surface area contributed by atoms with Crippen molar-refractivity contribution in [3.63, 3.8) is 0 Å². The van der Waals surface area contributed by atoms with Crippen LogP contribution in [-0.2, 0) is 4.79 Å². The monoisotopic (exact) mass is 376 g/mol. The number of hydrogen-bond donors (Lipinski definition) is 1. The Balaban J connectivity index is 3.92. The van der Waals surface area contributed by atoms with Crippen molar-refractivity contribution >= 4 is 6.29 Å². The van der Waals surface area contributed by atoms with Gasteiger partial charge in [0.05, 0.1) is 0 Å². The van der Waals surface area contributed by atoms with Crippen LogP contribution < -0.4 is 0 Å². The van der Waals surface area contributed by atoms with Gasteiger partial charge in [-0.15, -0.1) is 0 Å². The van der Waals surface area contributed by atoms with Crippen molar-refractivity contribution in [1.82, 2.24) is 0 Å². The zero-order valence-electron chi connectivity index (χ0n) is 16.5. The summed E-state index contributed by atoms with van der Waals surface area (Å²) in [4.78, 5) is 20.7. The molecule has 151 valence electrons. The predicted molar refractivity (Wildman–Crippen MR) is 111 cm³/mol. The molecule has 5 heteroatoms. The van der Waals surface area contributed by atoms with Crippen LogP contribution in [0, 0.1) is 10.1 Å². The maximum Gasteiger partial charge on any atom is 0.242 e. The molecule has 0 aliphatic rings. The number of unbranched alkanes of at least 4 members (excludes halogenated alkanes) is 5. The first-order valence-corrected chi connectivity index (χ1v) is 9.91. The number of allylic oxidation sites excluding steroid dienone is 6. The van der Waals surface area contributed by atoms with Gasteiger partial charge in [0.15, 0.2) is 6.29 Å². The van der Waals surface area contributed by atoms with Crippen LogP contribution in [0.1, 0.15) is 71.1 Å². The molecule has 0 spiro atoms. The average molecular weight is 377 g/mol. The standard InChI is InChI=1S/C22H34NO4/c1-2-3-15-19-22(25)21(23(26)27)18-16-13-11-9-7-5-4-6-8-10-12-14-17-20-24/h3-4,6,9,11,13,15-16,21-22,25H,2,5,7-8,10,12,14,17-19H2,1H3/b6-4-,11-9-,15-3-,16-13-. The third kappa shape index (κ3) is 15.9. The van der Waals surface area contributed by atoms with E-state index in [1.165, 1.54) is 0 Å². The van der Waals surface area contributed by atoms with E-state index in [9.17, 15) is 20.0 Å². The molecule has 0 bridgehead atoms. The summed E-state index contributed by atoms with van der Waals surface area (Å²) in [5, 5.41) is 21.0. The number of nitro groups is 1. The molecule has 0 amide bonds. The lowest BCUT2D eigenvalue weighted by atomic mass is 10.0. The molecule has 0 aliphatic heterocycles. The number of carbonyl (C=O) groups excluding carboxylic acids is 1. The highest BCUT2D eigenvalue weighted by atomic mass is 16.6. The fraction of sp³-hybridized carbons (Fsp3) is 0.591. The number of aliphatic hydroxyl groups is 1. The van der Waals surface area contributed by atoms with E-state index in [0.717, 1.165) is 44.9 Å². The van der Waals surface area contributed by atoms with Gasteiger partial charge in [-0.25, -0.2) is 0 Å². The minimum atomic E-state index is -0.969. The number of rotatable bonds is 17. The zero-order valence-corrected chi connectivity index (χ0v) is 16.5. The van der Waals surface area contributed by atoms with Crippen molar-refractivity contribution in [2.45, 2.75) is 83.3 Å². The Hall–Kier alpha value is -2.01. The first-order chi connectivity index (χ1) is 13.1. The minimum Gasteiger partial charge on any atom is -0.386 e. The molecule has 27 heavy (non-hydrogen) atoms. The SMILES string of the molecule is CC/C=C\CC(O)C(C/C=C\C=C/CC/C=C\CCCCC[C]=O)[N+](=O)[O-]. The van der Waals surface area contributed by atoms with E-state index in [0.29, 0.717) is 12.8 Å². The highest BCUT2D eigenvalue weighted by molar-refractivity contribution is 5.50. The third-order valence-corrected chi connectivity index (χ3v) is 4.07. The summed E-state index contributed by atoms with van der Waals surface area (Å²) in [6.07, 6.45) is 24.4. The van der Waals surface area contributed by atoms with Crippen LogP contribution in [0.4, 0.5) is 0 Å². The Bertz CT molecular complexity index is 495. The summed E-state index contributed by atoms with van der Waals surface area (Å²) in [5.74, 6) is 0. The first kappa shape index (κ1) is 25.0. The fourth-order valence-corrected chi connectivity index (χ4v) is 2.48. The molecular formula is C22H34NO4. The molecule has 1 N–H and O–H groups in total. The molecule has 0 aromatic heterocycles. The Morgan fingerprint density at radius 2 is 1.63 bits per heavy atom. The summed E-state index contributed by atoms with van der Waals surface area (Å²) in [5.41, 5.74) is 0. The number of aliphatic hydroxyl groups excluding tert-OH is 1. The van der Waals surface area contributed by atoms with Gasteiger partial charge in [-0.2, -0.15) is 0 Å². The summed E-state index contributed by atoms with van der Waals surface area (Å²) < 4.78 is 0. The van der Waals surface area contributed by atoms with Gasteiger partial charge in [-0.1, -0.05) is 62.0 Å². The molecule has 0 aromatic rings. The molecule has 0 rings (SSSR count). The van der Waals surface area contributed by atoms with Gasteiger partial charge in [0.25, 0.3) is 0 Å². The molecule has 5 nitrogen and oxygen atoms in total. The van der Waals surface area contributed by atoms with Crippen LogP contribution in [-0.4, -0.2) is 28.5 Å². The Morgan fingerprint density at radius 3 is 2.33 bits per heavy atom. The molecule has 2 unspecified atom stereocenters. The van der Waals surface area contributed by atoms with Gasteiger partial charge >= 0.3 is 0 Å². The van der Waals surface area contributed by atoms with E-state index >= 15 is 0 Å². The van der Waals surface area contributed by atoms with E-state index in [1.54, 1.807) is 18.2 Å². The summed E-state index contributed by atoms with van der Waals surface area (Å²) >= 11 is 0. The molecule has 0 aliphatic carbocycles. The summed E-state index contributed by atoms with van der Waals surface area (Å²) in [6.45, 7) is 1.98. The number of hydrogen-bond acceptors (Lipinski definition) is 4. The highest BCUT2D eigenvalue weighted by Crippen LogP contribution is 2.10. The molecule has 2 atom stereocenters. The largest absolute Gasteiger partial charge is 0.386 e. The van der Waals surface area contributed by atoms with E-state index in [4.69, 9.17) is 0 Å². The first-order valence-electron chi connectivity index (χ1n) is 9.91. The maximum absolute atomic E-state index is 11.1. The maximum atomic E-state index is 11.1. The fourth-order valence-electron chi connectivity index (χ4n) is 2.48. The van der Waals surface area contributed by atoms with Crippen molar-refractivity contribution in [2.75, 3.05) is 0 Å². The van der Waals surface area contributed by atoms with Crippen LogP contribution in [0.25, 0.3) is 0 Å². The van der Waals surface area contributed by atoms with Gasteiger partial charge in [0.1, 0.15) is 6.10 Å². The van der Waals surface area contributed by atoms with E-state index in [1.807, 2.05) is 31.4 Å². The smallest absolute Gasteiger partial charge is 0.242 e. The van der Waals surface area contributed by atoms with Crippen LogP contribution in [0.2, 0.25) is 0 Å². The van der Waals surface area contributed by atoms with Crippen molar-refractivity contribution in [3.8, 4) is 0 Å². The van der Waals surface area contributed by atoms with Crippen LogP contribution in [0.15, 0.2) is 48.6 Å². The van der Waals surface area contributed by atoms with Crippen LogP contribution in [0.5, 0.6) is 0 Å². The van der Waals surface area contributed by atoms with Crippen LogP contribution >= 0.6 is 0 Å². The van der Waals surface area contributed by atoms with E-state index < -0.39 is 17.1 Å². The van der Waals surface area contributed by atoms with Crippen molar-refractivity contribution in [1.29, 1.82) is 0 Å². The Morgan fingerprint density at radius 1 is 0.926 bits per heavy atom. The lowest BCUT2D eigenvalue weighted by molar-refractivity contribution is -0.533. The molecule has 1 radical (unpaired) electrons. The Kier molecular flexibility index (Phi) is 17.4. The van der Waals surface area contributed by atoms with Gasteiger partial charge in [0.2, 0.25) is 6.04 Å². The summed E-state index contributed by atoms with van der Waals surface area (Å²) in [7, 11) is 0. The van der Waals surface area contributed by atoms with Crippen molar-refractivity contribution in [3.05, 3.63) is 58.7 Å². The van der Waals surface area contributed by atoms with Crippen molar-refractivity contribution in [2.24, 2.45) is 0 Å². The quantitative estimate of drug-likeness (QED) is 0.124. The van der Waals surface area contributed by atoms with Gasteiger partial charge < -0.3 is 5.11 Å². The molecule has 0 saturated carbocycles. The second-order valence-corrected chi connectivity index (χ2v) is 6.42. The lowest BCUT2D eigenvalue weighted by Crippen LogP contribution is -2.32. The second kappa shape index (κ2) is 18.8. The molecule has 0 heterocycles. The molecule has 0 saturated heterocycles. The Labute approximate surface area is 163 Å². The zero-order chi connectivity index (χ0) is 20.2. The molecule has 0 fully saturated rings.